The molecule has 1 saturated heterocycles. The van der Waals surface area contributed by atoms with Gasteiger partial charge < -0.3 is 4.74 Å². The first kappa shape index (κ1) is 27.2. The molecule has 8 nitrogen and oxygen atoms in total. The zero-order valence-corrected chi connectivity index (χ0v) is 21.7. The summed E-state index contributed by atoms with van der Waals surface area (Å²) in [4.78, 5) is 37.1. The van der Waals surface area contributed by atoms with Gasteiger partial charge in [-0.2, -0.15) is 13.2 Å². The van der Waals surface area contributed by atoms with Gasteiger partial charge in [-0.15, -0.1) is 0 Å². The van der Waals surface area contributed by atoms with Crippen molar-refractivity contribution >= 4 is 74.1 Å². The molecule has 194 valence electrons. The molecule has 1 N–H and O–H groups in total. The lowest BCUT2D eigenvalue weighted by atomic mass is 10.1. The highest BCUT2D eigenvalue weighted by atomic mass is 79.9. The smallest absolute Gasteiger partial charge is 0.416 e. The molecule has 38 heavy (non-hydrogen) atoms. The molecule has 2 amide bonds. The minimum absolute atomic E-state index is 0.0856. The Hall–Kier alpha value is -3.81. The van der Waals surface area contributed by atoms with Gasteiger partial charge >= 0.3 is 11.9 Å². The van der Waals surface area contributed by atoms with E-state index in [9.17, 15) is 32.9 Å². The topological polar surface area (TPSA) is 102 Å². The van der Waals surface area contributed by atoms with Crippen molar-refractivity contribution < 1.29 is 32.4 Å². The number of nitrogens with one attached hydrogen (secondary N) is 1. The fraction of sp³-hybridized carbons (Fsp3) is 0.0417. The van der Waals surface area contributed by atoms with Crippen LogP contribution in [-0.2, 0) is 15.8 Å². The number of nitro groups is 1. The highest BCUT2D eigenvalue weighted by molar-refractivity contribution is 9.10. The van der Waals surface area contributed by atoms with Crippen LogP contribution < -0.4 is 15.0 Å². The van der Waals surface area contributed by atoms with Crippen molar-refractivity contribution in [3.8, 4) is 11.5 Å². The number of amides is 2. The largest absolute Gasteiger partial charge is 0.449 e. The number of carbonyl (C=O) groups is 2. The van der Waals surface area contributed by atoms with Gasteiger partial charge in [0.25, 0.3) is 11.8 Å². The lowest BCUT2D eigenvalue weighted by molar-refractivity contribution is -0.385. The second-order valence-electron chi connectivity index (χ2n) is 7.66. The van der Waals surface area contributed by atoms with Crippen LogP contribution in [0, 0.1) is 10.1 Å². The number of nitrogens with zero attached hydrogens (tertiary/aromatic N) is 2. The van der Waals surface area contributed by atoms with E-state index in [1.54, 1.807) is 24.3 Å². The van der Waals surface area contributed by atoms with Crippen LogP contribution in [0.4, 0.5) is 24.5 Å². The van der Waals surface area contributed by atoms with Crippen LogP contribution in [0.5, 0.6) is 11.5 Å². The van der Waals surface area contributed by atoms with Crippen LogP contribution in [0.15, 0.2) is 70.7 Å². The molecule has 1 heterocycles. The van der Waals surface area contributed by atoms with Crippen LogP contribution in [-0.4, -0.2) is 21.9 Å². The number of hydrogen-bond acceptors (Lipinski definition) is 6. The number of benzene rings is 3. The summed E-state index contributed by atoms with van der Waals surface area (Å²) in [6.45, 7) is 0. The summed E-state index contributed by atoms with van der Waals surface area (Å²) in [7, 11) is 0. The van der Waals surface area contributed by atoms with Gasteiger partial charge in [-0.25, -0.2) is 0 Å². The third kappa shape index (κ3) is 5.69. The summed E-state index contributed by atoms with van der Waals surface area (Å²) in [5, 5.41) is 13.6. The van der Waals surface area contributed by atoms with Crippen LogP contribution in [0.3, 0.4) is 0 Å². The molecule has 0 aliphatic carbocycles. The molecule has 1 aliphatic heterocycles. The van der Waals surface area contributed by atoms with Gasteiger partial charge in [-0.05, 0) is 72.4 Å². The first-order valence-corrected chi connectivity index (χ1v) is 11.9. The van der Waals surface area contributed by atoms with Crippen LogP contribution in [0.1, 0.15) is 11.1 Å². The van der Waals surface area contributed by atoms with E-state index in [4.69, 9.17) is 28.6 Å². The molecule has 0 atom stereocenters. The normalized spacial score (nSPS) is 15.0. The maximum atomic E-state index is 13.1. The fourth-order valence-electron chi connectivity index (χ4n) is 3.38. The minimum atomic E-state index is -4.78. The van der Waals surface area contributed by atoms with Gasteiger partial charge in [0.05, 0.1) is 21.2 Å². The Morgan fingerprint density at radius 1 is 1.05 bits per heavy atom. The number of ether oxygens (including phenoxy) is 1. The molecular weight excluding hydrogens is 615 g/mol. The van der Waals surface area contributed by atoms with Crippen molar-refractivity contribution in [2.75, 3.05) is 4.90 Å². The maximum Gasteiger partial charge on any atom is 0.416 e. The standard InChI is InChI=1S/C24H12BrClF3N3O5S/c25-14-3-5-15(6-4-14)31-22(34)16(21(33)30-23(31)38)9-12-1-7-19(17(26)10-12)37-20-8-2-13(24(27,28)29)11-18(20)32(35)36/h1-11H,(H,30,33,38)/b16-9+. The molecule has 0 radical (unpaired) electrons. The number of rotatable bonds is 5. The molecule has 0 aromatic heterocycles. The zero-order valence-electron chi connectivity index (χ0n) is 18.6. The van der Waals surface area contributed by atoms with Gasteiger partial charge in [0, 0.05) is 10.5 Å². The lowest BCUT2D eigenvalue weighted by Crippen LogP contribution is -2.54. The minimum Gasteiger partial charge on any atom is -0.449 e. The van der Waals surface area contributed by atoms with Crippen LogP contribution in [0.25, 0.3) is 6.08 Å². The number of carbonyl (C=O) groups excluding carboxylic acids is 2. The molecule has 0 unspecified atom stereocenters. The van der Waals surface area contributed by atoms with Crippen molar-refractivity contribution in [1.29, 1.82) is 0 Å². The predicted molar refractivity (Wildman–Crippen MR) is 140 cm³/mol. The Kier molecular flexibility index (Phi) is 7.54. The van der Waals surface area contributed by atoms with E-state index in [1.165, 1.54) is 24.3 Å². The first-order chi connectivity index (χ1) is 17.8. The van der Waals surface area contributed by atoms with Crippen LogP contribution >= 0.6 is 39.7 Å². The van der Waals surface area contributed by atoms with E-state index in [0.29, 0.717) is 23.4 Å². The average Bonchev–Trinajstić information content (AvgIpc) is 2.84. The molecule has 3 aromatic rings. The van der Waals surface area contributed by atoms with Gasteiger partial charge in [0.15, 0.2) is 5.11 Å². The Morgan fingerprint density at radius 3 is 2.32 bits per heavy atom. The van der Waals surface area contributed by atoms with Gasteiger partial charge in [-0.1, -0.05) is 33.6 Å². The number of anilines is 1. The van der Waals surface area contributed by atoms with Crippen molar-refractivity contribution in [2.45, 2.75) is 6.18 Å². The molecule has 0 bridgehead atoms. The van der Waals surface area contributed by atoms with Crippen molar-refractivity contribution in [1.82, 2.24) is 5.32 Å². The van der Waals surface area contributed by atoms with E-state index in [-0.39, 0.29) is 21.5 Å². The molecule has 1 aliphatic rings. The second-order valence-corrected chi connectivity index (χ2v) is 9.37. The van der Waals surface area contributed by atoms with Crippen LogP contribution in [0.2, 0.25) is 5.02 Å². The Morgan fingerprint density at radius 2 is 1.71 bits per heavy atom. The summed E-state index contributed by atoms with van der Waals surface area (Å²) in [6.07, 6.45) is -3.52. The monoisotopic (exact) mass is 625 g/mol. The summed E-state index contributed by atoms with van der Waals surface area (Å²) in [5.41, 5.74) is -1.64. The predicted octanol–water partition coefficient (Wildman–Crippen LogP) is 6.65. The number of alkyl halides is 3. The second kappa shape index (κ2) is 10.5. The third-order valence-electron chi connectivity index (χ3n) is 5.16. The highest BCUT2D eigenvalue weighted by Gasteiger charge is 2.35. The number of thiocarbonyl (C=S) groups is 1. The average molecular weight is 627 g/mol. The molecule has 0 saturated carbocycles. The van der Waals surface area contributed by atoms with Gasteiger partial charge in [-0.3, -0.25) is 29.9 Å². The quantitative estimate of drug-likeness (QED) is 0.112. The van der Waals surface area contributed by atoms with E-state index in [2.05, 4.69) is 21.2 Å². The van der Waals surface area contributed by atoms with Gasteiger partial charge in [0.2, 0.25) is 5.75 Å². The molecule has 3 aromatic carbocycles. The lowest BCUT2D eigenvalue weighted by Gasteiger charge is -2.29. The first-order valence-electron chi connectivity index (χ1n) is 10.3. The van der Waals surface area contributed by atoms with Gasteiger partial charge in [0.1, 0.15) is 11.3 Å². The van der Waals surface area contributed by atoms with Crippen molar-refractivity contribution in [3.63, 3.8) is 0 Å². The molecule has 1 fully saturated rings. The molecule has 4 rings (SSSR count). The zero-order chi connectivity index (χ0) is 27.8. The highest BCUT2D eigenvalue weighted by Crippen LogP contribution is 2.39. The number of nitro benzene ring substituents is 1. The van der Waals surface area contributed by atoms with Crippen molar-refractivity contribution in [2.24, 2.45) is 0 Å². The molecular formula is C24H12BrClF3N3O5S. The number of halogens is 5. The summed E-state index contributed by atoms with van der Waals surface area (Å²) in [6, 6.07) is 12.5. The maximum absolute atomic E-state index is 13.1. The number of hydrogen-bond donors (Lipinski definition) is 1. The fourth-order valence-corrected chi connectivity index (χ4v) is 4.15. The molecule has 0 spiro atoms. The Bertz CT molecular complexity index is 1530. The van der Waals surface area contributed by atoms with Crippen molar-refractivity contribution in [3.05, 3.63) is 97.0 Å². The molecule has 14 heteroatoms. The Balaban J connectivity index is 1.63. The van der Waals surface area contributed by atoms with E-state index in [1.807, 2.05) is 0 Å². The summed E-state index contributed by atoms with van der Waals surface area (Å²) < 4.78 is 45.0. The SMILES string of the molecule is O=C1NC(=S)N(c2ccc(Br)cc2)C(=O)/C1=C/c1ccc(Oc2ccc(C(F)(F)F)cc2[N+](=O)[O-])c(Cl)c1. The van der Waals surface area contributed by atoms with E-state index < -0.39 is 39.9 Å². The van der Waals surface area contributed by atoms with E-state index >= 15 is 0 Å². The Labute approximate surface area is 230 Å². The summed E-state index contributed by atoms with van der Waals surface area (Å²) >= 11 is 14.7. The van der Waals surface area contributed by atoms with E-state index in [0.717, 1.165) is 15.4 Å². The third-order valence-corrected chi connectivity index (χ3v) is 6.26. The summed E-state index contributed by atoms with van der Waals surface area (Å²) in [5.74, 6) is -1.98.